The maximum absolute atomic E-state index is 14.4. The first-order valence-electron chi connectivity index (χ1n) is 28.2. The number of hydrogen-bond donors (Lipinski definition) is 9. The van der Waals surface area contributed by atoms with Crippen molar-refractivity contribution < 1.29 is 62.6 Å². The fourth-order valence-corrected chi connectivity index (χ4v) is 12.3. The van der Waals surface area contributed by atoms with Crippen molar-refractivity contribution in [3.63, 3.8) is 0 Å². The number of nitrogens with zero attached hydrogens (tertiary/aromatic N) is 4. The number of nitrogens with two attached hydrogens (primary N) is 2. The molecular formula is C59H76ClN10O13PS. The Labute approximate surface area is 502 Å². The largest absolute Gasteiger partial charge is 0.490 e. The molecule has 3 aromatic carbocycles. The fourth-order valence-electron chi connectivity index (χ4n) is 10.8. The Hall–Kier alpha value is -7.05. The molecule has 8 rings (SSSR count). The predicted octanol–water partition coefficient (Wildman–Crippen LogP) is 5.09. The lowest BCUT2D eigenvalue weighted by Gasteiger charge is -2.39. The van der Waals surface area contributed by atoms with Crippen LogP contribution in [-0.2, 0) is 46.3 Å². The molecule has 0 aliphatic carbocycles. The lowest BCUT2D eigenvalue weighted by atomic mass is 9.91. The summed E-state index contributed by atoms with van der Waals surface area (Å²) in [5.74, 6) is -2.01. The molecule has 5 heterocycles. The SMILES string of the molecule is CC(=O)N1CC[C@H]2CC[C@@H](CNC(CCC(N)=O)COc3cccc(CCCC(N)=O)c3Cl)N2C(=O)C(NC(=O)c2cc3cc(C(=O)P(=O)(O)O)ccc3[nH]2)C1.Cc1ncsc1-c1ccc(CNC(=O)[C@@H]2CC(O)CN2C(=O)CC(C)(C)C)cc1. The van der Waals surface area contributed by atoms with E-state index in [1.54, 1.807) is 28.4 Å². The van der Waals surface area contributed by atoms with Crippen LogP contribution in [0.4, 0.5) is 0 Å². The van der Waals surface area contributed by atoms with E-state index in [2.05, 4.69) is 25.9 Å². The Bertz CT molecular complexity index is 3310. The molecule has 3 unspecified atom stereocenters. The van der Waals surface area contributed by atoms with Crippen LogP contribution in [0.2, 0.25) is 5.02 Å². The molecule has 0 bridgehead atoms. The van der Waals surface area contributed by atoms with Crippen molar-refractivity contribution in [1.82, 2.24) is 40.6 Å². The van der Waals surface area contributed by atoms with E-state index in [9.17, 15) is 57.8 Å². The van der Waals surface area contributed by atoms with Crippen LogP contribution >= 0.6 is 30.5 Å². The third kappa shape index (κ3) is 18.0. The number of hydrogen-bond acceptors (Lipinski definition) is 14. The minimum atomic E-state index is -5.03. The summed E-state index contributed by atoms with van der Waals surface area (Å²) in [5.41, 5.74) is 15.2. The van der Waals surface area contributed by atoms with Crippen LogP contribution < -0.4 is 32.2 Å². The summed E-state index contributed by atoms with van der Waals surface area (Å²) in [4.78, 5) is 133. The van der Waals surface area contributed by atoms with Crippen LogP contribution in [0.1, 0.15) is 123 Å². The number of carbonyl (C=O) groups excluding carboxylic acids is 8. The number of fused-ring (bicyclic) bond motifs is 2. The van der Waals surface area contributed by atoms with Crippen molar-refractivity contribution >= 4 is 88.3 Å². The minimum Gasteiger partial charge on any atom is -0.490 e. The molecule has 26 heteroatoms. The first kappa shape index (κ1) is 65.5. The number of halogens is 1. The monoisotopic (exact) mass is 1230 g/mol. The lowest BCUT2D eigenvalue weighted by molar-refractivity contribution is -0.140. The van der Waals surface area contributed by atoms with E-state index >= 15 is 0 Å². The number of thiazole rings is 1. The van der Waals surface area contributed by atoms with E-state index in [1.807, 2.05) is 63.5 Å². The normalized spacial score (nSPS) is 19.3. The minimum absolute atomic E-state index is 0.0368. The number of aromatic amines is 1. The first-order chi connectivity index (χ1) is 40.1. The second-order valence-corrected chi connectivity index (χ2v) is 25.8. The maximum atomic E-state index is 14.4. The lowest BCUT2D eigenvalue weighted by Crippen LogP contribution is -2.60. The van der Waals surface area contributed by atoms with Crippen molar-refractivity contribution in [3.05, 3.63) is 105 Å². The molecule has 2 aromatic heterocycles. The average molecular weight is 1230 g/mol. The number of primary amides is 2. The number of β-amino-alcohol motifs (C(OH)–C–C–N with tert-alkyl or cyclic N) is 1. The van der Waals surface area contributed by atoms with Crippen LogP contribution in [0, 0.1) is 12.3 Å². The van der Waals surface area contributed by atoms with Gasteiger partial charge in [-0.2, -0.15) is 0 Å². The van der Waals surface area contributed by atoms with Crippen LogP contribution in [-0.4, -0.2) is 156 Å². The summed E-state index contributed by atoms with van der Waals surface area (Å²) >= 11 is 8.24. The average Bonchev–Trinajstić information content (AvgIpc) is 3.39. The number of aryl methyl sites for hydroxylation is 2. The number of aromatic nitrogens is 2. The molecule has 11 N–H and O–H groups in total. The highest BCUT2D eigenvalue weighted by molar-refractivity contribution is 7.70. The number of aliphatic hydroxyl groups is 1. The maximum Gasteiger partial charge on any atom is 0.396 e. The summed E-state index contributed by atoms with van der Waals surface area (Å²) in [5, 5.41) is 19.9. The van der Waals surface area contributed by atoms with Crippen molar-refractivity contribution in [2.75, 3.05) is 32.8 Å². The van der Waals surface area contributed by atoms with Gasteiger partial charge in [0.25, 0.3) is 11.4 Å². The van der Waals surface area contributed by atoms with Crippen LogP contribution in [0.5, 0.6) is 5.75 Å². The van der Waals surface area contributed by atoms with Gasteiger partial charge in [0.1, 0.15) is 30.1 Å². The van der Waals surface area contributed by atoms with Crippen molar-refractivity contribution in [1.29, 1.82) is 0 Å². The standard InChI is InChI=1S/C37H47ClN7O10P.C22H29N3O3S/c1-21(46)44-15-14-26-10-11-27(18-41-25(9-13-33(40)48)20-55-31-6-2-4-22(34(31)38)5-3-7-32(39)47)45(26)36(50)30(19-44)43-35(49)29-17-24-16-23(8-12-28(24)42-29)37(51)56(52,53)54;1-14-20(29-13-24-14)16-7-5-15(6-8-16)11-23-21(28)18-9-17(26)12-25(18)19(27)10-22(2,3)4/h2,4,6,8,12,16-17,25-27,30,41-42H,3,5,7,9-11,13-15,18-20H2,1H3,(H2,39,47)(H2,40,48)(H,43,49)(H2,52,53,54);5-8,13,17-18,26H,9-12H2,1-4H3,(H,23,28)/t25?,26-,27+,30?;17?,18-/m10/s1. The van der Waals surface area contributed by atoms with Gasteiger partial charge in [0.15, 0.2) is 0 Å². The van der Waals surface area contributed by atoms with Gasteiger partial charge in [-0.25, -0.2) is 4.98 Å². The molecule has 6 atom stereocenters. The van der Waals surface area contributed by atoms with Gasteiger partial charge in [0.05, 0.1) is 27.2 Å². The summed E-state index contributed by atoms with van der Waals surface area (Å²) in [6.07, 6.45) is 3.56. The highest BCUT2D eigenvalue weighted by atomic mass is 35.5. The highest BCUT2D eigenvalue weighted by Crippen LogP contribution is 2.40. The number of rotatable bonds is 22. The topological polar surface area (TPSA) is 350 Å². The Morgan fingerprint density at radius 2 is 1.69 bits per heavy atom. The van der Waals surface area contributed by atoms with Gasteiger partial charge in [-0.3, -0.25) is 42.9 Å². The second kappa shape index (κ2) is 28.9. The number of carbonyl (C=O) groups is 8. The molecule has 0 radical (unpaired) electrons. The molecule has 458 valence electrons. The Kier molecular flexibility index (Phi) is 22.3. The molecule has 7 amide bonds. The number of likely N-dealkylation sites (tertiary alicyclic amines) is 1. The number of benzene rings is 3. The van der Waals surface area contributed by atoms with E-state index < -0.39 is 49.0 Å². The first-order valence-corrected chi connectivity index (χ1v) is 31.1. The quantitative estimate of drug-likeness (QED) is 0.0408. The number of amides is 7. The molecule has 3 fully saturated rings. The van der Waals surface area contributed by atoms with E-state index in [0.29, 0.717) is 86.3 Å². The van der Waals surface area contributed by atoms with E-state index in [1.165, 1.54) is 41.0 Å². The second-order valence-electron chi connectivity index (χ2n) is 23.1. The van der Waals surface area contributed by atoms with Crippen molar-refractivity contribution in [2.24, 2.45) is 16.9 Å². The number of aliphatic hydroxyl groups excluding tert-OH is 1. The van der Waals surface area contributed by atoms with E-state index in [0.717, 1.165) is 27.3 Å². The summed E-state index contributed by atoms with van der Waals surface area (Å²) in [6.45, 7) is 10.7. The highest BCUT2D eigenvalue weighted by Gasteiger charge is 2.43. The van der Waals surface area contributed by atoms with Gasteiger partial charge < -0.3 is 66.7 Å². The molecule has 85 heavy (non-hydrogen) atoms. The van der Waals surface area contributed by atoms with Gasteiger partial charge in [-0.15, -0.1) is 11.3 Å². The zero-order valence-electron chi connectivity index (χ0n) is 48.3. The van der Waals surface area contributed by atoms with Crippen molar-refractivity contribution in [3.8, 4) is 16.2 Å². The fraction of sp³-hybridized carbons (Fsp3) is 0.475. The number of nitrogens with one attached hydrogen (secondary N) is 4. The van der Waals surface area contributed by atoms with Gasteiger partial charge >= 0.3 is 7.60 Å². The van der Waals surface area contributed by atoms with E-state index in [-0.39, 0.29) is 97.4 Å². The molecule has 23 nitrogen and oxygen atoms in total. The number of ether oxygens (including phenoxy) is 1. The van der Waals surface area contributed by atoms with Gasteiger partial charge in [0, 0.05) is 99.9 Å². The van der Waals surface area contributed by atoms with Crippen LogP contribution in [0.25, 0.3) is 21.3 Å². The molecule has 0 saturated carbocycles. The van der Waals surface area contributed by atoms with Gasteiger partial charge in [0.2, 0.25) is 35.4 Å². The number of H-pyrrole nitrogens is 1. The summed E-state index contributed by atoms with van der Waals surface area (Å²) < 4.78 is 17.6. The van der Waals surface area contributed by atoms with Crippen LogP contribution in [0.3, 0.4) is 0 Å². The van der Waals surface area contributed by atoms with E-state index in [4.69, 9.17) is 27.8 Å². The predicted molar refractivity (Wildman–Crippen MR) is 320 cm³/mol. The molecule has 3 aliphatic heterocycles. The zero-order chi connectivity index (χ0) is 61.9. The summed E-state index contributed by atoms with van der Waals surface area (Å²) in [6, 6.07) is 16.2. The zero-order valence-corrected chi connectivity index (χ0v) is 50.8. The van der Waals surface area contributed by atoms with Crippen LogP contribution in [0.15, 0.2) is 72.2 Å². The molecular weight excluding hydrogens is 1160 g/mol. The van der Waals surface area contributed by atoms with Gasteiger partial charge in [-0.1, -0.05) is 68.8 Å². The third-order valence-corrected chi connectivity index (χ3v) is 17.4. The third-order valence-electron chi connectivity index (χ3n) is 15.2. The van der Waals surface area contributed by atoms with Crippen molar-refractivity contribution in [2.45, 2.75) is 142 Å². The molecule has 3 aliphatic rings. The smallest absolute Gasteiger partial charge is 0.396 e. The summed E-state index contributed by atoms with van der Waals surface area (Å²) in [7, 11) is -5.03. The molecule has 5 aromatic rings. The molecule has 0 spiro atoms. The van der Waals surface area contributed by atoms with Gasteiger partial charge in [-0.05, 0) is 97.9 Å². The Balaban J connectivity index is 0.000000298. The molecule has 3 saturated heterocycles. The Morgan fingerprint density at radius 1 is 0.965 bits per heavy atom. The Morgan fingerprint density at radius 3 is 2.35 bits per heavy atom.